The predicted molar refractivity (Wildman–Crippen MR) is 120 cm³/mol. The minimum absolute atomic E-state index is 0.371. The molecule has 1 aliphatic rings. The van der Waals surface area contributed by atoms with Gasteiger partial charge in [-0.25, -0.2) is 0 Å². The number of ether oxygens (including phenoxy) is 3. The maximum absolute atomic E-state index is 5.83. The lowest BCUT2D eigenvalue weighted by molar-refractivity contribution is 0.101. The van der Waals surface area contributed by atoms with E-state index in [0.29, 0.717) is 38.0 Å². The summed E-state index contributed by atoms with van der Waals surface area (Å²) in [4.78, 5) is 18.3. The number of anilines is 2. The van der Waals surface area contributed by atoms with E-state index in [0.717, 1.165) is 57.6 Å². The van der Waals surface area contributed by atoms with Crippen molar-refractivity contribution in [3.8, 4) is 0 Å². The van der Waals surface area contributed by atoms with Gasteiger partial charge in [0.15, 0.2) is 0 Å². The van der Waals surface area contributed by atoms with E-state index in [-0.39, 0.29) is 0 Å². The summed E-state index contributed by atoms with van der Waals surface area (Å²) in [5.74, 6) is 2.52. The third-order valence-corrected chi connectivity index (χ3v) is 5.33. The van der Waals surface area contributed by atoms with Crippen LogP contribution in [-0.2, 0) is 14.2 Å². The fraction of sp³-hybridized carbons (Fsp3) is 0.864. The van der Waals surface area contributed by atoms with Gasteiger partial charge in [-0.3, -0.25) is 4.90 Å². The summed E-state index contributed by atoms with van der Waals surface area (Å²) in [5.41, 5.74) is 0. The zero-order valence-electron chi connectivity index (χ0n) is 19.4. The van der Waals surface area contributed by atoms with Gasteiger partial charge in [0.2, 0.25) is 11.9 Å². The van der Waals surface area contributed by atoms with Gasteiger partial charge in [-0.05, 0) is 25.7 Å². The second kappa shape index (κ2) is 14.5. The summed E-state index contributed by atoms with van der Waals surface area (Å²) in [7, 11) is 3.64. The monoisotopic (exact) mass is 423 g/mol. The normalized spacial score (nSPS) is 14.8. The molecule has 0 saturated heterocycles. The summed E-state index contributed by atoms with van der Waals surface area (Å²) in [6, 6.07) is 0. The van der Waals surface area contributed by atoms with E-state index in [4.69, 9.17) is 29.2 Å². The molecule has 30 heavy (non-hydrogen) atoms. The van der Waals surface area contributed by atoms with Gasteiger partial charge in [-0.2, -0.15) is 15.0 Å². The van der Waals surface area contributed by atoms with Gasteiger partial charge in [0.1, 0.15) is 26.0 Å². The van der Waals surface area contributed by atoms with Crippen LogP contribution in [0.25, 0.3) is 0 Å². The van der Waals surface area contributed by atoms with Crippen LogP contribution in [0.1, 0.15) is 83.4 Å². The van der Waals surface area contributed by atoms with Crippen molar-refractivity contribution in [1.29, 1.82) is 0 Å². The van der Waals surface area contributed by atoms with Crippen molar-refractivity contribution >= 4 is 11.9 Å². The molecule has 0 aliphatic heterocycles. The largest absolute Gasteiger partial charge is 0.364 e. The molecule has 0 bridgehead atoms. The molecular formula is C22H41N5O3. The Morgan fingerprint density at radius 3 is 2.10 bits per heavy atom. The fourth-order valence-electron chi connectivity index (χ4n) is 3.46. The molecular weight excluding hydrogens is 382 g/mol. The second-order valence-corrected chi connectivity index (χ2v) is 8.07. The molecule has 8 nitrogen and oxygen atoms in total. The van der Waals surface area contributed by atoms with E-state index < -0.39 is 0 Å². The van der Waals surface area contributed by atoms with Gasteiger partial charge < -0.3 is 19.1 Å². The Morgan fingerprint density at radius 2 is 1.47 bits per heavy atom. The summed E-state index contributed by atoms with van der Waals surface area (Å²) in [5, 5.41) is 0. The number of hydrogen-bond acceptors (Lipinski definition) is 8. The molecule has 0 amide bonds. The smallest absolute Gasteiger partial charge is 0.234 e. The number of methoxy groups -OCH3 is 1. The van der Waals surface area contributed by atoms with Crippen LogP contribution in [0.5, 0.6) is 0 Å². The Labute approximate surface area is 182 Å². The average Bonchev–Trinajstić information content (AvgIpc) is 2.79. The lowest BCUT2D eigenvalue weighted by Gasteiger charge is -2.26. The molecule has 1 saturated carbocycles. The molecule has 0 radical (unpaired) electrons. The van der Waals surface area contributed by atoms with Gasteiger partial charge in [-0.15, -0.1) is 0 Å². The van der Waals surface area contributed by atoms with Crippen molar-refractivity contribution in [2.24, 2.45) is 0 Å². The Kier molecular flexibility index (Phi) is 12.0. The summed E-state index contributed by atoms with van der Waals surface area (Å²) < 4.78 is 17.0. The van der Waals surface area contributed by atoms with Crippen molar-refractivity contribution in [2.75, 3.05) is 57.4 Å². The van der Waals surface area contributed by atoms with Gasteiger partial charge in [0, 0.05) is 33.3 Å². The van der Waals surface area contributed by atoms with Crippen molar-refractivity contribution < 1.29 is 14.2 Å². The van der Waals surface area contributed by atoms with Crippen molar-refractivity contribution in [3.05, 3.63) is 5.82 Å². The average molecular weight is 424 g/mol. The zero-order valence-corrected chi connectivity index (χ0v) is 19.4. The first-order chi connectivity index (χ1) is 14.7. The molecule has 1 heterocycles. The van der Waals surface area contributed by atoms with Crippen LogP contribution in [0.15, 0.2) is 0 Å². The van der Waals surface area contributed by atoms with Gasteiger partial charge in [-0.1, -0.05) is 46.0 Å². The SMILES string of the molecule is CCCCOCN(C)c1nc(C2CCCCC2)nc(N(COC)COCCCC)n1. The first-order valence-electron chi connectivity index (χ1n) is 11.6. The predicted octanol–water partition coefficient (Wildman–Crippen LogP) is 4.31. The highest BCUT2D eigenvalue weighted by Gasteiger charge is 2.23. The molecule has 1 aromatic rings. The quantitative estimate of drug-likeness (QED) is 0.305. The highest BCUT2D eigenvalue weighted by Crippen LogP contribution is 2.32. The van der Waals surface area contributed by atoms with Gasteiger partial charge >= 0.3 is 0 Å². The van der Waals surface area contributed by atoms with Crippen LogP contribution in [0.2, 0.25) is 0 Å². The van der Waals surface area contributed by atoms with E-state index in [2.05, 4.69) is 13.8 Å². The van der Waals surface area contributed by atoms with E-state index in [1.165, 1.54) is 19.3 Å². The van der Waals surface area contributed by atoms with Crippen LogP contribution < -0.4 is 9.80 Å². The van der Waals surface area contributed by atoms with Crippen molar-refractivity contribution in [2.45, 2.75) is 77.6 Å². The Balaban J connectivity index is 2.19. The number of hydrogen-bond donors (Lipinski definition) is 0. The van der Waals surface area contributed by atoms with Gasteiger partial charge in [0.05, 0.1) is 0 Å². The molecule has 0 unspecified atom stereocenters. The molecule has 0 spiro atoms. The third kappa shape index (κ3) is 8.32. The van der Waals surface area contributed by atoms with Gasteiger partial charge in [0.25, 0.3) is 0 Å². The topological polar surface area (TPSA) is 72.8 Å². The highest BCUT2D eigenvalue weighted by molar-refractivity contribution is 5.38. The highest BCUT2D eigenvalue weighted by atomic mass is 16.5. The van der Waals surface area contributed by atoms with Crippen LogP contribution in [0.3, 0.4) is 0 Å². The molecule has 1 fully saturated rings. The minimum atomic E-state index is 0.371. The first-order valence-corrected chi connectivity index (χ1v) is 11.6. The Hall–Kier alpha value is -1.51. The maximum atomic E-state index is 5.83. The summed E-state index contributed by atoms with van der Waals surface area (Å²) >= 11 is 0. The Bertz CT molecular complexity index is 584. The minimum Gasteiger partial charge on any atom is -0.364 e. The standard InChI is InChI=1S/C22H41N5O3/c1-5-7-14-29-16-26(3)21-23-20(19-12-10-9-11-13-19)24-22(25-21)27(17-28-4)18-30-15-8-6-2/h19H,5-18H2,1-4H3. The van der Waals surface area contributed by atoms with Crippen molar-refractivity contribution in [3.63, 3.8) is 0 Å². The molecule has 1 aliphatic carbocycles. The molecule has 0 atom stereocenters. The Morgan fingerprint density at radius 1 is 0.833 bits per heavy atom. The summed E-state index contributed by atoms with van der Waals surface area (Å²) in [6.07, 6.45) is 10.4. The zero-order chi connectivity index (χ0) is 21.6. The lowest BCUT2D eigenvalue weighted by Crippen LogP contribution is -2.32. The third-order valence-electron chi connectivity index (χ3n) is 5.33. The summed E-state index contributed by atoms with van der Waals surface area (Å²) in [6.45, 7) is 7.02. The van der Waals surface area contributed by atoms with Crippen LogP contribution in [-0.4, -0.2) is 62.5 Å². The maximum Gasteiger partial charge on any atom is 0.234 e. The van der Waals surface area contributed by atoms with Crippen LogP contribution in [0, 0.1) is 0 Å². The molecule has 2 rings (SSSR count). The fourth-order valence-corrected chi connectivity index (χ4v) is 3.46. The van der Waals surface area contributed by atoms with E-state index in [1.807, 2.05) is 16.8 Å². The number of rotatable bonds is 15. The molecule has 0 aromatic carbocycles. The molecule has 1 aromatic heterocycles. The van der Waals surface area contributed by atoms with Crippen LogP contribution in [0.4, 0.5) is 11.9 Å². The van der Waals surface area contributed by atoms with E-state index >= 15 is 0 Å². The number of aromatic nitrogens is 3. The number of nitrogens with zero attached hydrogens (tertiary/aromatic N) is 5. The van der Waals surface area contributed by atoms with Crippen molar-refractivity contribution in [1.82, 2.24) is 15.0 Å². The van der Waals surface area contributed by atoms with E-state index in [1.54, 1.807) is 7.11 Å². The molecule has 8 heteroatoms. The van der Waals surface area contributed by atoms with E-state index in [9.17, 15) is 0 Å². The first kappa shape index (κ1) is 24.8. The molecule has 172 valence electrons. The second-order valence-electron chi connectivity index (χ2n) is 8.07. The number of unbranched alkanes of at least 4 members (excludes halogenated alkanes) is 2. The molecule has 0 N–H and O–H groups in total. The lowest BCUT2D eigenvalue weighted by atomic mass is 9.89. The van der Waals surface area contributed by atoms with Crippen LogP contribution >= 0.6 is 0 Å².